The molecule has 1 aliphatic carbocycles. The Bertz CT molecular complexity index is 1220. The highest BCUT2D eigenvalue weighted by Crippen LogP contribution is 2.51. The minimum atomic E-state index is -3.95. The Kier molecular flexibility index (Phi) is 4.55. The molecule has 1 aliphatic heterocycles. The molecule has 0 bridgehead atoms. The van der Waals surface area contributed by atoms with Crippen molar-refractivity contribution in [2.45, 2.75) is 12.3 Å². The summed E-state index contributed by atoms with van der Waals surface area (Å²) in [5, 5.41) is 9.45. The van der Waals surface area contributed by atoms with Gasteiger partial charge in [-0.2, -0.15) is 13.7 Å². The van der Waals surface area contributed by atoms with E-state index in [1.54, 1.807) is 36.4 Å². The van der Waals surface area contributed by atoms with E-state index in [-0.39, 0.29) is 19.7 Å². The van der Waals surface area contributed by atoms with E-state index >= 15 is 0 Å². The molecule has 0 spiro atoms. The minimum absolute atomic E-state index is 0.169. The minimum Gasteiger partial charge on any atom is -0.426 e. The van der Waals surface area contributed by atoms with Crippen LogP contribution in [-0.2, 0) is 10.2 Å². The van der Waals surface area contributed by atoms with Crippen LogP contribution >= 0.6 is 0 Å². The fraction of sp³-hybridized carbons (Fsp3) is 0.300. The smallest absolute Gasteiger partial charge is 0.357 e. The third-order valence-electron chi connectivity index (χ3n) is 5.27. The second kappa shape index (κ2) is 6.85. The van der Waals surface area contributed by atoms with Crippen LogP contribution in [0.3, 0.4) is 0 Å². The van der Waals surface area contributed by atoms with Gasteiger partial charge in [-0.05, 0) is 35.9 Å². The van der Waals surface area contributed by atoms with Gasteiger partial charge in [0.05, 0.1) is 23.0 Å². The molecule has 1 atom stereocenters. The average Bonchev–Trinajstić information content (AvgIpc) is 3.29. The van der Waals surface area contributed by atoms with Crippen LogP contribution in [0, 0.1) is 23.8 Å². The zero-order valence-electron chi connectivity index (χ0n) is 15.8. The van der Waals surface area contributed by atoms with E-state index in [4.69, 9.17) is 11.3 Å². The normalized spacial score (nSPS) is 20.2. The third kappa shape index (κ3) is 3.19. The van der Waals surface area contributed by atoms with Crippen LogP contribution < -0.4 is 13.3 Å². The topological polar surface area (TPSA) is 78.0 Å². The average molecular weight is 430 g/mol. The van der Waals surface area contributed by atoms with Crippen molar-refractivity contribution in [3.63, 3.8) is 0 Å². The van der Waals surface area contributed by atoms with Crippen LogP contribution in [0.5, 0.6) is 5.75 Å². The first-order chi connectivity index (χ1) is 14.2. The number of hydrogen-bond donors (Lipinski definition) is 0. The van der Waals surface area contributed by atoms with Gasteiger partial charge in [0.1, 0.15) is 5.75 Å². The number of anilines is 2. The molecule has 2 aliphatic rings. The molecule has 1 heterocycles. The molecule has 0 amide bonds. The van der Waals surface area contributed by atoms with E-state index in [9.17, 15) is 22.5 Å². The molecule has 7 nitrogen and oxygen atoms in total. The number of fused-ring (bicyclic) bond motifs is 1. The molecule has 4 rings (SSSR count). The molecular formula is C20H16F2N4O3S. The molecule has 0 saturated heterocycles. The Balaban J connectivity index is 1.74. The Morgan fingerprint density at radius 3 is 2.67 bits per heavy atom. The lowest BCUT2D eigenvalue weighted by Crippen LogP contribution is -2.37. The highest BCUT2D eigenvalue weighted by atomic mass is 32.2. The predicted octanol–water partition coefficient (Wildman–Crippen LogP) is 3.64. The van der Waals surface area contributed by atoms with E-state index < -0.39 is 22.0 Å². The first-order valence-electron chi connectivity index (χ1n) is 8.98. The lowest BCUT2D eigenvalue weighted by molar-refractivity contribution is 0.101. The lowest BCUT2D eigenvalue weighted by atomic mass is 9.99. The molecule has 154 valence electrons. The van der Waals surface area contributed by atoms with E-state index in [0.29, 0.717) is 33.8 Å². The maximum atomic E-state index is 13.4. The van der Waals surface area contributed by atoms with Gasteiger partial charge in [0.2, 0.25) is 0 Å². The largest absolute Gasteiger partial charge is 0.426 e. The summed E-state index contributed by atoms with van der Waals surface area (Å²) in [7, 11) is -2.59. The summed E-state index contributed by atoms with van der Waals surface area (Å²) in [4.78, 5) is 3.13. The van der Waals surface area contributed by atoms with Crippen LogP contribution in [0.4, 0.5) is 20.2 Å². The second-order valence-corrected chi connectivity index (χ2v) is 9.01. The van der Waals surface area contributed by atoms with Gasteiger partial charge < -0.3 is 4.74 Å². The number of alkyl halides is 2. The van der Waals surface area contributed by atoms with Gasteiger partial charge in [0.15, 0.2) is 0 Å². The molecule has 1 fully saturated rings. The Hall–Kier alpha value is -3.37. The van der Waals surface area contributed by atoms with Gasteiger partial charge in [0, 0.05) is 31.5 Å². The molecule has 0 N–H and O–H groups in total. The molecule has 30 heavy (non-hydrogen) atoms. The summed E-state index contributed by atoms with van der Waals surface area (Å²) in [6.45, 7) is 6.37. The van der Waals surface area contributed by atoms with E-state index in [1.165, 1.54) is 7.05 Å². The first-order valence-corrected chi connectivity index (χ1v) is 10.4. The molecule has 2 aromatic rings. The van der Waals surface area contributed by atoms with Crippen molar-refractivity contribution in [2.24, 2.45) is 5.92 Å². The maximum absolute atomic E-state index is 13.4. The van der Waals surface area contributed by atoms with Gasteiger partial charge >= 0.3 is 16.9 Å². The van der Waals surface area contributed by atoms with Gasteiger partial charge in [-0.25, -0.2) is 15.4 Å². The van der Waals surface area contributed by atoms with Crippen molar-refractivity contribution < 1.29 is 21.9 Å². The van der Waals surface area contributed by atoms with Crippen molar-refractivity contribution in [3.05, 3.63) is 53.4 Å². The van der Waals surface area contributed by atoms with Crippen molar-refractivity contribution in [2.75, 3.05) is 28.9 Å². The number of benzene rings is 2. The molecule has 0 aromatic heterocycles. The number of rotatable bonds is 5. The zero-order chi connectivity index (χ0) is 21.7. The van der Waals surface area contributed by atoms with E-state index in [1.807, 2.05) is 0 Å². The Morgan fingerprint density at radius 1 is 1.30 bits per heavy atom. The number of ether oxygens (including phenoxy) is 1. The molecule has 1 unspecified atom stereocenters. The molecular weight excluding hydrogens is 414 g/mol. The molecule has 2 aromatic carbocycles. The summed E-state index contributed by atoms with van der Waals surface area (Å²) in [6, 6.07) is 11.6. The molecule has 10 heteroatoms. The monoisotopic (exact) mass is 430 g/mol. The summed E-state index contributed by atoms with van der Waals surface area (Å²) in [6.07, 6.45) is -0.320. The summed E-state index contributed by atoms with van der Waals surface area (Å²) in [5.41, 5.74) is 2.10. The summed E-state index contributed by atoms with van der Waals surface area (Å²) < 4.78 is 59.7. The maximum Gasteiger partial charge on any atom is 0.357 e. The molecule has 1 saturated carbocycles. The van der Waals surface area contributed by atoms with Gasteiger partial charge in [-0.3, -0.25) is 13.5 Å². The standard InChI is InChI=1S/C20H16F2N4O3S/c1-24-12-29-16-5-3-14(10-23)17(8-16)13-4-6-18-19(7-13)25(2)30(27,28)26(18)11-15-9-20(15,21)22/h3-8,15H,9,11-12H2,2H3. The first kappa shape index (κ1) is 19.9. The van der Waals surface area contributed by atoms with Crippen molar-refractivity contribution >= 4 is 21.6 Å². The number of hydrogen-bond acceptors (Lipinski definition) is 4. The Labute approximate surface area is 172 Å². The highest BCUT2D eigenvalue weighted by molar-refractivity contribution is 7.94. The van der Waals surface area contributed by atoms with E-state index in [0.717, 1.165) is 8.61 Å². The SMILES string of the molecule is [C-]#[N+]COc1ccc(C#N)c(-c2ccc3c(c2)N(C)S(=O)(=O)N3CC2CC2(F)F)c1. The summed E-state index contributed by atoms with van der Waals surface area (Å²) >= 11 is 0. The lowest BCUT2D eigenvalue weighted by Gasteiger charge is -2.18. The fourth-order valence-corrected chi connectivity index (χ4v) is 4.93. The van der Waals surface area contributed by atoms with Gasteiger partial charge in [-0.1, -0.05) is 6.07 Å². The predicted molar refractivity (Wildman–Crippen MR) is 106 cm³/mol. The van der Waals surface area contributed by atoms with Crippen molar-refractivity contribution in [1.29, 1.82) is 5.26 Å². The van der Waals surface area contributed by atoms with Crippen LogP contribution in [-0.4, -0.2) is 34.7 Å². The van der Waals surface area contributed by atoms with Crippen molar-refractivity contribution in [3.8, 4) is 22.9 Å². The number of halogens is 2. The number of nitrogens with zero attached hydrogens (tertiary/aromatic N) is 4. The van der Waals surface area contributed by atoms with Gasteiger partial charge in [-0.15, -0.1) is 0 Å². The fourth-order valence-electron chi connectivity index (χ4n) is 3.47. The second-order valence-electron chi connectivity index (χ2n) is 7.12. The van der Waals surface area contributed by atoms with Crippen LogP contribution in [0.1, 0.15) is 12.0 Å². The van der Waals surface area contributed by atoms with E-state index in [2.05, 4.69) is 10.9 Å². The van der Waals surface area contributed by atoms with Crippen LogP contribution in [0.25, 0.3) is 16.0 Å². The van der Waals surface area contributed by atoms with Crippen LogP contribution in [0.15, 0.2) is 36.4 Å². The zero-order valence-corrected chi connectivity index (χ0v) is 16.7. The Morgan fingerprint density at radius 2 is 2.03 bits per heavy atom. The van der Waals surface area contributed by atoms with Gasteiger partial charge in [0.25, 0.3) is 5.92 Å². The molecule has 0 radical (unpaired) electrons. The number of nitriles is 1. The summed E-state index contributed by atoms with van der Waals surface area (Å²) in [5.74, 6) is -3.42. The third-order valence-corrected chi connectivity index (χ3v) is 7.06. The van der Waals surface area contributed by atoms with Crippen LogP contribution in [0.2, 0.25) is 0 Å². The highest BCUT2D eigenvalue weighted by Gasteiger charge is 2.59. The quantitative estimate of drug-likeness (QED) is 0.679. The van der Waals surface area contributed by atoms with Crippen molar-refractivity contribution in [1.82, 2.24) is 0 Å².